The second-order valence-corrected chi connectivity index (χ2v) is 8.36. The third-order valence-electron chi connectivity index (χ3n) is 4.32. The molecule has 0 radical (unpaired) electrons. The Morgan fingerprint density at radius 2 is 1.88 bits per heavy atom. The summed E-state index contributed by atoms with van der Waals surface area (Å²) in [4.78, 5) is 28.1. The lowest BCUT2D eigenvalue weighted by Crippen LogP contribution is -2.20. The molecule has 0 aliphatic rings. The number of amides is 2. The van der Waals surface area contributed by atoms with E-state index >= 15 is 0 Å². The Morgan fingerprint density at radius 1 is 1.19 bits per heavy atom. The quantitative estimate of drug-likeness (QED) is 0.550. The van der Waals surface area contributed by atoms with E-state index in [-0.39, 0.29) is 34.1 Å². The van der Waals surface area contributed by atoms with Gasteiger partial charge in [-0.25, -0.2) is 0 Å². The van der Waals surface area contributed by atoms with E-state index < -0.39 is 11.8 Å². The maximum Gasteiger partial charge on any atom is 0.255 e. The molecule has 3 aromatic rings. The summed E-state index contributed by atoms with van der Waals surface area (Å²) in [5, 5.41) is 6.90. The molecule has 3 rings (SSSR count). The van der Waals surface area contributed by atoms with E-state index in [1.807, 2.05) is 20.8 Å². The van der Waals surface area contributed by atoms with Crippen LogP contribution in [0.1, 0.15) is 37.0 Å². The highest BCUT2D eigenvalue weighted by Gasteiger charge is 2.22. The SMILES string of the molecule is COc1cc(C(=O)Nc2ccc(-c3noc(C(C)(C)C)n3)cc2)cc(Cl)c1OCC(N)=O. The smallest absolute Gasteiger partial charge is 0.255 e. The van der Waals surface area contributed by atoms with Crippen LogP contribution in [0.15, 0.2) is 40.9 Å². The van der Waals surface area contributed by atoms with E-state index in [1.165, 1.54) is 19.2 Å². The van der Waals surface area contributed by atoms with Crippen molar-refractivity contribution in [1.29, 1.82) is 0 Å². The van der Waals surface area contributed by atoms with Gasteiger partial charge in [0, 0.05) is 22.2 Å². The van der Waals surface area contributed by atoms with Gasteiger partial charge in [0.2, 0.25) is 11.7 Å². The van der Waals surface area contributed by atoms with Crippen molar-refractivity contribution >= 4 is 29.1 Å². The summed E-state index contributed by atoms with van der Waals surface area (Å²) in [6.45, 7) is 5.59. The number of nitrogens with two attached hydrogens (primary N) is 1. The standard InChI is InChI=1S/C22H23ClN4O5/c1-22(2,3)21-26-19(27-32-21)12-5-7-14(8-6-12)25-20(29)13-9-15(23)18(16(10-13)30-4)31-11-17(24)28/h5-10H,11H2,1-4H3,(H2,24,28)(H,25,29). The minimum Gasteiger partial charge on any atom is -0.493 e. The number of rotatable bonds is 7. The van der Waals surface area contributed by atoms with Crippen molar-refractivity contribution in [3.05, 3.63) is 52.9 Å². The molecule has 0 aliphatic heterocycles. The molecule has 0 bridgehead atoms. The predicted molar refractivity (Wildman–Crippen MR) is 119 cm³/mol. The number of hydrogen-bond donors (Lipinski definition) is 2. The Morgan fingerprint density at radius 3 is 2.44 bits per heavy atom. The number of benzene rings is 2. The molecule has 0 saturated carbocycles. The molecule has 2 aromatic carbocycles. The molecule has 0 unspecified atom stereocenters. The summed E-state index contributed by atoms with van der Waals surface area (Å²) in [6.07, 6.45) is 0. The van der Waals surface area contributed by atoms with Gasteiger partial charge in [0.05, 0.1) is 12.1 Å². The van der Waals surface area contributed by atoms with Crippen molar-refractivity contribution in [1.82, 2.24) is 10.1 Å². The molecule has 32 heavy (non-hydrogen) atoms. The fraction of sp³-hybridized carbons (Fsp3) is 0.273. The number of aromatic nitrogens is 2. The minimum absolute atomic E-state index is 0.109. The molecular formula is C22H23ClN4O5. The molecule has 0 aliphatic carbocycles. The van der Waals surface area contributed by atoms with E-state index in [2.05, 4.69) is 15.5 Å². The van der Waals surface area contributed by atoms with Gasteiger partial charge >= 0.3 is 0 Å². The van der Waals surface area contributed by atoms with Gasteiger partial charge in [0.15, 0.2) is 18.1 Å². The summed E-state index contributed by atoms with van der Waals surface area (Å²) in [6, 6.07) is 9.88. The summed E-state index contributed by atoms with van der Waals surface area (Å²) in [7, 11) is 1.40. The lowest BCUT2D eigenvalue weighted by molar-refractivity contribution is -0.119. The molecular weight excluding hydrogens is 436 g/mol. The molecule has 168 valence electrons. The first-order valence-electron chi connectivity index (χ1n) is 9.63. The Balaban J connectivity index is 1.75. The first kappa shape index (κ1) is 23.1. The summed E-state index contributed by atoms with van der Waals surface area (Å²) in [5.74, 6) is 0.266. The normalized spacial score (nSPS) is 11.2. The molecule has 0 spiro atoms. The van der Waals surface area contributed by atoms with Crippen LogP contribution < -0.4 is 20.5 Å². The third kappa shape index (κ3) is 5.36. The fourth-order valence-electron chi connectivity index (χ4n) is 2.69. The zero-order valence-corrected chi connectivity index (χ0v) is 18.8. The molecule has 0 atom stereocenters. The highest BCUT2D eigenvalue weighted by molar-refractivity contribution is 6.32. The van der Waals surface area contributed by atoms with E-state index in [0.29, 0.717) is 17.4 Å². The monoisotopic (exact) mass is 458 g/mol. The van der Waals surface area contributed by atoms with Crippen molar-refractivity contribution in [3.8, 4) is 22.9 Å². The number of carbonyl (C=O) groups excluding carboxylic acids is 2. The summed E-state index contributed by atoms with van der Waals surface area (Å²) < 4.78 is 15.8. The first-order valence-corrected chi connectivity index (χ1v) is 10.0. The second kappa shape index (κ2) is 9.27. The summed E-state index contributed by atoms with van der Waals surface area (Å²) in [5.41, 5.74) is 6.40. The molecule has 0 saturated heterocycles. The fourth-order valence-corrected chi connectivity index (χ4v) is 2.95. The zero-order valence-electron chi connectivity index (χ0n) is 18.1. The lowest BCUT2D eigenvalue weighted by atomic mass is 9.97. The number of ether oxygens (including phenoxy) is 2. The second-order valence-electron chi connectivity index (χ2n) is 7.95. The van der Waals surface area contributed by atoms with Gasteiger partial charge in [0.25, 0.3) is 11.8 Å². The predicted octanol–water partition coefficient (Wildman–Crippen LogP) is 3.81. The van der Waals surface area contributed by atoms with Crippen LogP contribution in [0.5, 0.6) is 11.5 Å². The number of nitrogens with one attached hydrogen (secondary N) is 1. The van der Waals surface area contributed by atoms with Gasteiger partial charge in [-0.2, -0.15) is 4.98 Å². The lowest BCUT2D eigenvalue weighted by Gasteiger charge is -2.13. The topological polar surface area (TPSA) is 130 Å². The van der Waals surface area contributed by atoms with E-state index in [9.17, 15) is 9.59 Å². The number of primary amides is 1. The van der Waals surface area contributed by atoms with E-state index in [0.717, 1.165) is 5.56 Å². The number of hydrogen-bond acceptors (Lipinski definition) is 7. The highest BCUT2D eigenvalue weighted by Crippen LogP contribution is 2.36. The van der Waals surface area contributed by atoms with Gasteiger partial charge in [-0.1, -0.05) is 37.5 Å². The molecule has 9 nitrogen and oxygen atoms in total. The Hall–Kier alpha value is -3.59. The molecule has 0 fully saturated rings. The molecule has 1 aromatic heterocycles. The average molecular weight is 459 g/mol. The van der Waals surface area contributed by atoms with Gasteiger partial charge < -0.3 is 25.0 Å². The Bertz CT molecular complexity index is 1140. The average Bonchev–Trinajstić information content (AvgIpc) is 3.23. The summed E-state index contributed by atoms with van der Waals surface area (Å²) >= 11 is 6.21. The maximum atomic E-state index is 12.7. The third-order valence-corrected chi connectivity index (χ3v) is 4.60. The van der Waals surface area contributed by atoms with Crippen LogP contribution >= 0.6 is 11.6 Å². The number of halogens is 1. The number of methoxy groups -OCH3 is 1. The first-order chi connectivity index (χ1) is 15.1. The van der Waals surface area contributed by atoms with Crippen LogP contribution in [-0.4, -0.2) is 35.7 Å². The number of nitrogens with zero attached hydrogens (tertiary/aromatic N) is 2. The van der Waals surface area contributed by atoms with Crippen molar-refractivity contribution in [2.45, 2.75) is 26.2 Å². The van der Waals surface area contributed by atoms with Gasteiger partial charge in [-0.05, 0) is 36.4 Å². The van der Waals surface area contributed by atoms with Crippen LogP contribution in [0.2, 0.25) is 5.02 Å². The Kier molecular flexibility index (Phi) is 6.69. The van der Waals surface area contributed by atoms with Crippen LogP contribution in [0, 0.1) is 0 Å². The van der Waals surface area contributed by atoms with Crippen molar-refractivity contribution < 1.29 is 23.6 Å². The van der Waals surface area contributed by atoms with Gasteiger partial charge in [0.1, 0.15) is 0 Å². The Labute approximate surface area is 189 Å². The molecule has 1 heterocycles. The number of carbonyl (C=O) groups is 2. The van der Waals surface area contributed by atoms with E-state index in [1.54, 1.807) is 24.3 Å². The van der Waals surface area contributed by atoms with Crippen molar-refractivity contribution in [2.24, 2.45) is 5.73 Å². The van der Waals surface area contributed by atoms with Crippen LogP contribution in [0.25, 0.3) is 11.4 Å². The van der Waals surface area contributed by atoms with E-state index in [4.69, 9.17) is 31.3 Å². The minimum atomic E-state index is -0.663. The van der Waals surface area contributed by atoms with Crippen LogP contribution in [-0.2, 0) is 10.2 Å². The van der Waals surface area contributed by atoms with Gasteiger partial charge in [-0.3, -0.25) is 9.59 Å². The van der Waals surface area contributed by atoms with Crippen molar-refractivity contribution in [2.75, 3.05) is 19.0 Å². The zero-order chi connectivity index (χ0) is 23.5. The van der Waals surface area contributed by atoms with Gasteiger partial charge in [-0.15, -0.1) is 0 Å². The molecule has 3 N–H and O–H groups in total. The number of anilines is 1. The molecule has 2 amide bonds. The maximum absolute atomic E-state index is 12.7. The van der Waals surface area contributed by atoms with Crippen LogP contribution in [0.4, 0.5) is 5.69 Å². The highest BCUT2D eigenvalue weighted by atomic mass is 35.5. The van der Waals surface area contributed by atoms with Crippen LogP contribution in [0.3, 0.4) is 0 Å². The van der Waals surface area contributed by atoms with Crippen molar-refractivity contribution in [3.63, 3.8) is 0 Å². The largest absolute Gasteiger partial charge is 0.493 e. The molecule has 10 heteroatoms.